The van der Waals surface area contributed by atoms with Crippen molar-refractivity contribution < 1.29 is 13.6 Å². The molecule has 1 aromatic rings. The molecular weight excluding hydrogens is 286 g/mol. The van der Waals surface area contributed by atoms with E-state index >= 15 is 0 Å². The monoisotopic (exact) mass is 304 g/mol. The molecule has 0 bridgehead atoms. The van der Waals surface area contributed by atoms with Crippen LogP contribution < -0.4 is 10.6 Å². The highest BCUT2D eigenvalue weighted by atomic mass is 35.5. The molecule has 20 heavy (non-hydrogen) atoms. The van der Waals surface area contributed by atoms with Gasteiger partial charge in [-0.05, 0) is 50.4 Å². The van der Waals surface area contributed by atoms with Gasteiger partial charge in [-0.25, -0.2) is 8.78 Å². The number of halogens is 3. The molecule has 1 aliphatic rings. The van der Waals surface area contributed by atoms with Gasteiger partial charge >= 0.3 is 0 Å². The molecule has 0 spiro atoms. The lowest BCUT2D eigenvalue weighted by Crippen LogP contribution is -2.28. The normalized spacial score (nSPS) is 15.5. The van der Waals surface area contributed by atoms with Crippen LogP contribution in [0.4, 0.5) is 14.5 Å². The second kappa shape index (κ2) is 8.17. The summed E-state index contributed by atoms with van der Waals surface area (Å²) < 4.78 is 25.7. The lowest BCUT2D eigenvalue weighted by atomic mass is 9.93. The number of carbonyl (C=O) groups excluding carboxylic acids is 1. The Balaban J connectivity index is 0.00000200. The molecule has 112 valence electrons. The van der Waals surface area contributed by atoms with E-state index in [-0.39, 0.29) is 18.3 Å². The van der Waals surface area contributed by atoms with Crippen molar-refractivity contribution in [2.45, 2.75) is 25.7 Å². The summed E-state index contributed by atoms with van der Waals surface area (Å²) in [6, 6.07) is 3.37. The first-order valence-corrected chi connectivity index (χ1v) is 6.61. The van der Waals surface area contributed by atoms with Crippen LogP contribution in [0.3, 0.4) is 0 Å². The molecule has 1 aliphatic heterocycles. The number of rotatable bonds is 4. The second-order valence-corrected chi connectivity index (χ2v) is 4.91. The minimum absolute atomic E-state index is 0. The van der Waals surface area contributed by atoms with Crippen molar-refractivity contribution in [1.29, 1.82) is 0 Å². The minimum Gasteiger partial charge on any atom is -0.326 e. The standard InChI is InChI=1S/C14H18F2N2O.ClH/c15-12-3-2-11(9-13(12)16)18-14(19)4-1-10-5-7-17-8-6-10;/h2-3,9-10,17H,1,4-8H2,(H,18,19);1H. The van der Waals surface area contributed by atoms with Crippen LogP contribution >= 0.6 is 12.4 Å². The molecule has 1 aromatic carbocycles. The van der Waals surface area contributed by atoms with E-state index in [4.69, 9.17) is 0 Å². The Morgan fingerprint density at radius 2 is 1.95 bits per heavy atom. The summed E-state index contributed by atoms with van der Waals surface area (Å²) in [6.45, 7) is 2.02. The topological polar surface area (TPSA) is 41.1 Å². The van der Waals surface area contributed by atoms with Gasteiger partial charge in [-0.1, -0.05) is 0 Å². The fourth-order valence-corrected chi connectivity index (χ4v) is 2.30. The van der Waals surface area contributed by atoms with Crippen LogP contribution in [0.5, 0.6) is 0 Å². The first-order valence-electron chi connectivity index (χ1n) is 6.61. The highest BCUT2D eigenvalue weighted by Gasteiger charge is 2.14. The maximum Gasteiger partial charge on any atom is 0.224 e. The molecular formula is C14H19ClF2N2O. The first kappa shape index (κ1) is 16.9. The molecule has 0 radical (unpaired) electrons. The van der Waals surface area contributed by atoms with Gasteiger partial charge in [-0.3, -0.25) is 4.79 Å². The smallest absolute Gasteiger partial charge is 0.224 e. The highest BCUT2D eigenvalue weighted by Crippen LogP contribution is 2.19. The molecule has 0 atom stereocenters. The molecule has 3 nitrogen and oxygen atoms in total. The van der Waals surface area contributed by atoms with Crippen LogP contribution in [0.15, 0.2) is 18.2 Å². The number of carbonyl (C=O) groups is 1. The number of anilines is 1. The SMILES string of the molecule is Cl.O=C(CCC1CCNCC1)Nc1ccc(F)c(F)c1. The molecule has 2 rings (SSSR count). The van der Waals surface area contributed by atoms with Gasteiger partial charge in [0.15, 0.2) is 11.6 Å². The van der Waals surface area contributed by atoms with E-state index in [0.717, 1.165) is 44.5 Å². The Labute approximate surface area is 123 Å². The largest absolute Gasteiger partial charge is 0.326 e. The quantitative estimate of drug-likeness (QED) is 0.897. The van der Waals surface area contributed by atoms with E-state index in [1.165, 1.54) is 6.07 Å². The summed E-state index contributed by atoms with van der Waals surface area (Å²) in [4.78, 5) is 11.7. The van der Waals surface area contributed by atoms with Crippen molar-refractivity contribution >= 4 is 24.0 Å². The molecule has 0 aliphatic carbocycles. The zero-order valence-electron chi connectivity index (χ0n) is 11.1. The molecule has 0 saturated carbocycles. The van der Waals surface area contributed by atoms with E-state index in [9.17, 15) is 13.6 Å². The van der Waals surface area contributed by atoms with Crippen LogP contribution in [0, 0.1) is 17.6 Å². The Hall–Kier alpha value is -1.20. The van der Waals surface area contributed by atoms with Crippen LogP contribution in [0.25, 0.3) is 0 Å². The maximum atomic E-state index is 13.0. The number of benzene rings is 1. The van der Waals surface area contributed by atoms with Gasteiger partial charge in [0.2, 0.25) is 5.91 Å². The lowest BCUT2D eigenvalue weighted by molar-refractivity contribution is -0.116. The zero-order chi connectivity index (χ0) is 13.7. The summed E-state index contributed by atoms with van der Waals surface area (Å²) >= 11 is 0. The van der Waals surface area contributed by atoms with Gasteiger partial charge in [0.25, 0.3) is 0 Å². The van der Waals surface area contributed by atoms with Gasteiger partial charge in [0.05, 0.1) is 0 Å². The molecule has 0 unspecified atom stereocenters. The summed E-state index contributed by atoms with van der Waals surface area (Å²) in [6.07, 6.45) is 3.46. The van der Waals surface area contributed by atoms with Gasteiger partial charge < -0.3 is 10.6 Å². The predicted molar refractivity (Wildman–Crippen MR) is 77.1 cm³/mol. The van der Waals surface area contributed by atoms with Crippen molar-refractivity contribution in [3.05, 3.63) is 29.8 Å². The van der Waals surface area contributed by atoms with Crippen LogP contribution in [-0.4, -0.2) is 19.0 Å². The molecule has 1 amide bonds. The molecule has 2 N–H and O–H groups in total. The third kappa shape index (κ3) is 5.06. The molecule has 1 saturated heterocycles. The Morgan fingerprint density at radius 1 is 1.25 bits per heavy atom. The molecule has 0 aromatic heterocycles. The van der Waals surface area contributed by atoms with Crippen molar-refractivity contribution in [2.75, 3.05) is 18.4 Å². The van der Waals surface area contributed by atoms with Crippen molar-refractivity contribution in [2.24, 2.45) is 5.92 Å². The summed E-state index contributed by atoms with van der Waals surface area (Å²) in [5, 5.41) is 5.86. The third-order valence-corrected chi connectivity index (χ3v) is 3.44. The van der Waals surface area contributed by atoms with Gasteiger partial charge in [0.1, 0.15) is 0 Å². The van der Waals surface area contributed by atoms with E-state index in [1.54, 1.807) is 0 Å². The van der Waals surface area contributed by atoms with Crippen LogP contribution in [0.1, 0.15) is 25.7 Å². The number of amides is 1. The van der Waals surface area contributed by atoms with E-state index in [2.05, 4.69) is 10.6 Å². The summed E-state index contributed by atoms with van der Waals surface area (Å²) in [5.41, 5.74) is 0.300. The molecule has 6 heteroatoms. The average Bonchev–Trinajstić information content (AvgIpc) is 2.42. The Bertz CT molecular complexity index is 451. The van der Waals surface area contributed by atoms with Gasteiger partial charge in [0, 0.05) is 18.2 Å². The number of hydrogen-bond acceptors (Lipinski definition) is 2. The van der Waals surface area contributed by atoms with Crippen molar-refractivity contribution in [1.82, 2.24) is 5.32 Å². The number of hydrogen-bond donors (Lipinski definition) is 2. The van der Waals surface area contributed by atoms with Gasteiger partial charge in [-0.15, -0.1) is 12.4 Å². The lowest BCUT2D eigenvalue weighted by Gasteiger charge is -2.22. The second-order valence-electron chi connectivity index (χ2n) is 4.91. The third-order valence-electron chi connectivity index (χ3n) is 3.44. The van der Waals surface area contributed by atoms with Crippen LogP contribution in [-0.2, 0) is 4.79 Å². The minimum atomic E-state index is -0.948. The van der Waals surface area contributed by atoms with Gasteiger partial charge in [-0.2, -0.15) is 0 Å². The zero-order valence-corrected chi connectivity index (χ0v) is 11.9. The Morgan fingerprint density at radius 3 is 2.60 bits per heavy atom. The maximum absolute atomic E-state index is 13.0. The van der Waals surface area contributed by atoms with E-state index in [1.807, 2.05) is 0 Å². The fourth-order valence-electron chi connectivity index (χ4n) is 2.30. The molecule has 1 fully saturated rings. The summed E-state index contributed by atoms with van der Waals surface area (Å²) in [7, 11) is 0. The predicted octanol–water partition coefficient (Wildman–Crippen LogP) is 3.10. The fraction of sp³-hybridized carbons (Fsp3) is 0.500. The highest BCUT2D eigenvalue weighted by molar-refractivity contribution is 5.90. The van der Waals surface area contributed by atoms with Crippen LogP contribution in [0.2, 0.25) is 0 Å². The van der Waals surface area contributed by atoms with E-state index in [0.29, 0.717) is 18.0 Å². The Kier molecular flexibility index (Phi) is 6.88. The summed E-state index contributed by atoms with van der Waals surface area (Å²) in [5.74, 6) is -1.43. The number of piperidine rings is 1. The molecule has 1 heterocycles. The number of nitrogens with one attached hydrogen (secondary N) is 2. The average molecular weight is 305 g/mol. The van der Waals surface area contributed by atoms with E-state index < -0.39 is 11.6 Å². The van der Waals surface area contributed by atoms with Crippen molar-refractivity contribution in [3.63, 3.8) is 0 Å². The van der Waals surface area contributed by atoms with Crippen molar-refractivity contribution in [3.8, 4) is 0 Å². The first-order chi connectivity index (χ1) is 9.15.